The third-order valence-corrected chi connectivity index (χ3v) is 6.94. The Morgan fingerprint density at radius 2 is 1.87 bits per heavy atom. The molecule has 1 amide bonds. The molecule has 9 heteroatoms. The van der Waals surface area contributed by atoms with Crippen LogP contribution in [0.4, 0.5) is 5.69 Å². The summed E-state index contributed by atoms with van der Waals surface area (Å²) in [6.45, 7) is 4.68. The van der Waals surface area contributed by atoms with E-state index in [9.17, 15) is 13.2 Å². The number of nitrogens with zero attached hydrogens (tertiary/aromatic N) is 1. The molecule has 2 rings (SSSR count). The lowest BCUT2D eigenvalue weighted by molar-refractivity contribution is -0.116. The third kappa shape index (κ3) is 6.45. The van der Waals surface area contributed by atoms with Gasteiger partial charge in [0, 0.05) is 24.0 Å². The van der Waals surface area contributed by atoms with Crippen molar-refractivity contribution in [3.63, 3.8) is 0 Å². The molecule has 1 N–H and O–H groups in total. The second-order valence-electron chi connectivity index (χ2n) is 6.41. The molecule has 0 saturated heterocycles. The summed E-state index contributed by atoms with van der Waals surface area (Å²) in [5, 5.41) is 2.75. The highest BCUT2D eigenvalue weighted by atomic mass is 79.9. The molecule has 0 aliphatic heterocycles. The molecule has 0 aliphatic rings. The summed E-state index contributed by atoms with van der Waals surface area (Å²) in [6.07, 6.45) is 0.738. The summed E-state index contributed by atoms with van der Waals surface area (Å²) in [5.41, 5.74) is 0.323. The van der Waals surface area contributed by atoms with Gasteiger partial charge in [-0.1, -0.05) is 35.8 Å². The van der Waals surface area contributed by atoms with E-state index in [1.54, 1.807) is 19.9 Å². The number of hydrogen-bond donors (Lipinski definition) is 1. The summed E-state index contributed by atoms with van der Waals surface area (Å²) >= 11 is 3.38. The van der Waals surface area contributed by atoms with E-state index in [0.717, 1.165) is 10.2 Å². The number of carbonyl (C=O) groups excluding carboxylic acids is 1. The SMILES string of the molecule is CCN(CC)S(=O)(=O)c1ccc(OC)c(NC(=O)CCCOc2cccc(Br)c2)c1. The van der Waals surface area contributed by atoms with E-state index in [0.29, 0.717) is 37.6 Å². The summed E-state index contributed by atoms with van der Waals surface area (Å²) in [4.78, 5) is 12.5. The fourth-order valence-electron chi connectivity index (χ4n) is 2.85. The van der Waals surface area contributed by atoms with E-state index in [2.05, 4.69) is 21.2 Å². The first-order valence-corrected chi connectivity index (χ1v) is 11.9. The molecule has 164 valence electrons. The number of anilines is 1. The van der Waals surface area contributed by atoms with E-state index >= 15 is 0 Å². The Balaban J connectivity index is 2.01. The van der Waals surface area contributed by atoms with Crippen molar-refractivity contribution in [3.05, 3.63) is 46.9 Å². The number of halogens is 1. The minimum Gasteiger partial charge on any atom is -0.495 e. The van der Waals surface area contributed by atoms with E-state index < -0.39 is 10.0 Å². The van der Waals surface area contributed by atoms with Crippen molar-refractivity contribution in [1.29, 1.82) is 0 Å². The van der Waals surface area contributed by atoms with Crippen LogP contribution in [-0.4, -0.2) is 45.4 Å². The van der Waals surface area contributed by atoms with Gasteiger partial charge in [-0.25, -0.2) is 8.42 Å². The zero-order chi connectivity index (χ0) is 22.1. The van der Waals surface area contributed by atoms with Crippen LogP contribution in [0.2, 0.25) is 0 Å². The minimum absolute atomic E-state index is 0.111. The molecule has 0 saturated carbocycles. The molecule has 7 nitrogen and oxygen atoms in total. The predicted octanol–water partition coefficient (Wildman–Crippen LogP) is 4.29. The van der Waals surface area contributed by atoms with Crippen LogP contribution in [0.25, 0.3) is 0 Å². The Morgan fingerprint density at radius 1 is 1.13 bits per heavy atom. The topological polar surface area (TPSA) is 84.9 Å². The maximum Gasteiger partial charge on any atom is 0.243 e. The molecule has 2 aromatic rings. The van der Waals surface area contributed by atoms with Crippen LogP contribution < -0.4 is 14.8 Å². The van der Waals surface area contributed by atoms with Gasteiger partial charge in [-0.05, 0) is 42.8 Å². The molecule has 0 bridgehead atoms. The van der Waals surface area contributed by atoms with Crippen LogP contribution in [0.1, 0.15) is 26.7 Å². The number of nitrogens with one attached hydrogen (secondary N) is 1. The Kier molecular flexibility index (Phi) is 9.13. The van der Waals surface area contributed by atoms with Crippen molar-refractivity contribution in [1.82, 2.24) is 4.31 Å². The van der Waals surface area contributed by atoms with Crippen molar-refractivity contribution in [2.45, 2.75) is 31.6 Å². The van der Waals surface area contributed by atoms with E-state index in [-0.39, 0.29) is 17.2 Å². The number of amides is 1. The quantitative estimate of drug-likeness (QED) is 0.467. The average Bonchev–Trinajstić information content (AvgIpc) is 2.72. The van der Waals surface area contributed by atoms with Crippen molar-refractivity contribution in [2.24, 2.45) is 0 Å². The lowest BCUT2D eigenvalue weighted by Crippen LogP contribution is -2.30. The average molecular weight is 499 g/mol. The van der Waals surface area contributed by atoms with E-state index in [4.69, 9.17) is 9.47 Å². The highest BCUT2D eigenvalue weighted by molar-refractivity contribution is 9.10. The fourth-order valence-corrected chi connectivity index (χ4v) is 4.71. The number of sulfonamides is 1. The van der Waals surface area contributed by atoms with Crippen molar-refractivity contribution < 1.29 is 22.7 Å². The summed E-state index contributed by atoms with van der Waals surface area (Å²) in [6, 6.07) is 11.9. The second-order valence-corrected chi connectivity index (χ2v) is 9.26. The third-order valence-electron chi connectivity index (χ3n) is 4.40. The number of ether oxygens (including phenoxy) is 2. The molecule has 0 aromatic heterocycles. The normalized spacial score (nSPS) is 11.4. The van der Waals surface area contributed by atoms with Gasteiger partial charge < -0.3 is 14.8 Å². The van der Waals surface area contributed by atoms with E-state index in [1.807, 2.05) is 24.3 Å². The van der Waals surface area contributed by atoms with Gasteiger partial charge in [-0.2, -0.15) is 4.31 Å². The van der Waals surface area contributed by atoms with Gasteiger partial charge >= 0.3 is 0 Å². The van der Waals surface area contributed by atoms with Crippen LogP contribution in [0.5, 0.6) is 11.5 Å². The second kappa shape index (κ2) is 11.3. The smallest absolute Gasteiger partial charge is 0.243 e. The van der Waals surface area contributed by atoms with Crippen LogP contribution in [0.3, 0.4) is 0 Å². The Labute approximate surface area is 186 Å². The molecular formula is C21H27BrN2O5S. The Hall–Kier alpha value is -2.10. The molecule has 30 heavy (non-hydrogen) atoms. The highest BCUT2D eigenvalue weighted by Crippen LogP contribution is 2.29. The predicted molar refractivity (Wildman–Crippen MR) is 121 cm³/mol. The first-order valence-electron chi connectivity index (χ1n) is 9.68. The summed E-state index contributed by atoms with van der Waals surface area (Å²) < 4.78 is 38.7. The van der Waals surface area contributed by atoms with E-state index in [1.165, 1.54) is 23.5 Å². The number of carbonyl (C=O) groups is 1. The van der Waals surface area contributed by atoms with Gasteiger partial charge in [-0.15, -0.1) is 0 Å². The molecule has 0 unspecified atom stereocenters. The van der Waals surface area contributed by atoms with Gasteiger partial charge in [0.15, 0.2) is 0 Å². The van der Waals surface area contributed by atoms with Crippen LogP contribution in [-0.2, 0) is 14.8 Å². The zero-order valence-electron chi connectivity index (χ0n) is 17.4. The Bertz CT molecular complexity index is 962. The monoisotopic (exact) mass is 498 g/mol. The zero-order valence-corrected chi connectivity index (χ0v) is 19.8. The largest absolute Gasteiger partial charge is 0.495 e. The fraction of sp³-hybridized carbons (Fsp3) is 0.381. The molecule has 0 fully saturated rings. The summed E-state index contributed by atoms with van der Waals surface area (Å²) in [5.74, 6) is 0.872. The van der Waals surface area contributed by atoms with Gasteiger partial charge in [0.2, 0.25) is 15.9 Å². The Morgan fingerprint density at radius 3 is 2.50 bits per heavy atom. The minimum atomic E-state index is -3.64. The van der Waals surface area contributed by atoms with Crippen molar-refractivity contribution in [3.8, 4) is 11.5 Å². The van der Waals surface area contributed by atoms with Crippen molar-refractivity contribution in [2.75, 3.05) is 32.1 Å². The molecule has 0 radical (unpaired) electrons. The first kappa shape index (κ1) is 24.2. The maximum absolute atomic E-state index is 12.8. The van der Waals surface area contributed by atoms with Gasteiger partial charge in [0.25, 0.3) is 0 Å². The summed E-state index contributed by atoms with van der Waals surface area (Å²) in [7, 11) is -2.17. The van der Waals surface area contributed by atoms with Crippen LogP contribution in [0, 0.1) is 0 Å². The lowest BCUT2D eigenvalue weighted by Gasteiger charge is -2.19. The standard InChI is InChI=1S/C21H27BrN2O5S/c1-4-24(5-2)30(26,27)18-11-12-20(28-3)19(15-18)23-21(25)10-7-13-29-17-9-6-8-16(22)14-17/h6,8-9,11-12,14-15H,4-5,7,10,13H2,1-3H3,(H,23,25). The molecular weight excluding hydrogens is 472 g/mol. The molecule has 0 aliphatic carbocycles. The molecule has 0 heterocycles. The van der Waals surface area contributed by atoms with Gasteiger partial charge in [-0.3, -0.25) is 4.79 Å². The highest BCUT2D eigenvalue weighted by Gasteiger charge is 2.23. The number of hydrogen-bond acceptors (Lipinski definition) is 5. The van der Waals surface area contributed by atoms with Crippen LogP contribution in [0.15, 0.2) is 51.8 Å². The molecule has 0 spiro atoms. The van der Waals surface area contributed by atoms with Crippen molar-refractivity contribution >= 4 is 37.5 Å². The lowest BCUT2D eigenvalue weighted by atomic mass is 10.2. The maximum atomic E-state index is 12.8. The number of benzene rings is 2. The van der Waals surface area contributed by atoms with Gasteiger partial charge in [0.05, 0.1) is 24.3 Å². The molecule has 2 aromatic carbocycles. The number of methoxy groups -OCH3 is 1. The molecule has 0 atom stereocenters. The first-order chi connectivity index (χ1) is 14.3. The van der Waals surface area contributed by atoms with Gasteiger partial charge in [0.1, 0.15) is 11.5 Å². The number of rotatable bonds is 11. The van der Waals surface area contributed by atoms with Crippen LogP contribution >= 0.6 is 15.9 Å².